The van der Waals surface area contributed by atoms with Gasteiger partial charge < -0.3 is 14.6 Å². The molecule has 1 aromatic heterocycles. The Morgan fingerprint density at radius 1 is 1.47 bits per heavy atom. The van der Waals surface area contributed by atoms with E-state index in [1.807, 2.05) is 22.9 Å². The fraction of sp³-hybridized carbons (Fsp3) is 0.545. The zero-order valence-electron chi connectivity index (χ0n) is 8.64. The monoisotopic (exact) mass is 206 g/mol. The molecule has 1 aromatic rings. The third-order valence-corrected chi connectivity index (χ3v) is 3.47. The molecule has 4 heteroatoms. The summed E-state index contributed by atoms with van der Waals surface area (Å²) in [5.41, 5.74) is 0.753. The highest BCUT2D eigenvalue weighted by molar-refractivity contribution is 5.39. The van der Waals surface area contributed by atoms with E-state index in [1.54, 1.807) is 7.05 Å². The van der Waals surface area contributed by atoms with Crippen LogP contribution in [0.25, 0.3) is 0 Å². The first kappa shape index (κ1) is 8.97. The molecule has 1 aliphatic heterocycles. The van der Waals surface area contributed by atoms with Crippen LogP contribution in [0.1, 0.15) is 6.04 Å². The van der Waals surface area contributed by atoms with Crippen LogP contribution in [0.4, 0.5) is 5.69 Å². The summed E-state index contributed by atoms with van der Waals surface area (Å²) in [6.07, 6.45) is 1.88. The van der Waals surface area contributed by atoms with E-state index in [9.17, 15) is 4.79 Å². The van der Waals surface area contributed by atoms with Crippen LogP contribution in [0, 0.1) is 11.8 Å². The molecule has 0 aromatic carbocycles. The summed E-state index contributed by atoms with van der Waals surface area (Å²) >= 11 is 0. The minimum Gasteiger partial charge on any atom is -0.384 e. The number of ether oxygens (including phenoxy) is 1. The van der Waals surface area contributed by atoms with Gasteiger partial charge >= 0.3 is 0 Å². The highest BCUT2D eigenvalue weighted by atomic mass is 16.5. The molecule has 1 aliphatic carbocycles. The predicted octanol–water partition coefficient (Wildman–Crippen LogP) is 0.707. The van der Waals surface area contributed by atoms with Gasteiger partial charge in [0.15, 0.2) is 0 Å². The Kier molecular flexibility index (Phi) is 1.85. The predicted molar refractivity (Wildman–Crippen MR) is 57.1 cm³/mol. The Morgan fingerprint density at radius 3 is 2.87 bits per heavy atom. The molecule has 15 heavy (non-hydrogen) atoms. The van der Waals surface area contributed by atoms with Crippen molar-refractivity contribution in [3.8, 4) is 0 Å². The quantitative estimate of drug-likeness (QED) is 0.775. The van der Waals surface area contributed by atoms with Gasteiger partial charge in [-0.2, -0.15) is 0 Å². The minimum atomic E-state index is 0.0828. The molecule has 80 valence electrons. The Balaban J connectivity index is 1.96. The van der Waals surface area contributed by atoms with Gasteiger partial charge in [-0.15, -0.1) is 0 Å². The van der Waals surface area contributed by atoms with E-state index in [4.69, 9.17) is 4.74 Å². The average molecular weight is 206 g/mol. The standard InChI is InChI=1S/C11H14N2O2/c1-12-9-3-2-4-13(11(9)14)10-7-5-15-6-8(7)10/h2-4,7-8,10,12H,5-6H2,1H3/t7-,8+,10+. The molecule has 0 unspecified atom stereocenters. The van der Waals surface area contributed by atoms with Crippen molar-refractivity contribution in [2.75, 3.05) is 25.6 Å². The number of hydrogen-bond donors (Lipinski definition) is 1. The Morgan fingerprint density at radius 2 is 2.20 bits per heavy atom. The Hall–Kier alpha value is -1.29. The second-order valence-corrected chi connectivity index (χ2v) is 4.24. The van der Waals surface area contributed by atoms with Crippen LogP contribution in [-0.4, -0.2) is 24.8 Å². The lowest BCUT2D eigenvalue weighted by Gasteiger charge is -2.09. The molecule has 3 atom stereocenters. The number of nitrogens with one attached hydrogen (secondary N) is 1. The van der Waals surface area contributed by atoms with Gasteiger partial charge in [0.25, 0.3) is 5.56 Å². The van der Waals surface area contributed by atoms with E-state index in [0.717, 1.165) is 13.2 Å². The van der Waals surface area contributed by atoms with Gasteiger partial charge in [-0.25, -0.2) is 0 Å². The lowest BCUT2D eigenvalue weighted by Crippen LogP contribution is -2.23. The second kappa shape index (κ2) is 3.10. The average Bonchev–Trinajstić information content (AvgIpc) is 2.72. The fourth-order valence-electron chi connectivity index (χ4n) is 2.56. The van der Waals surface area contributed by atoms with E-state index in [0.29, 0.717) is 23.6 Å². The Labute approximate surface area is 87.9 Å². The van der Waals surface area contributed by atoms with Crippen LogP contribution in [0.2, 0.25) is 0 Å². The van der Waals surface area contributed by atoms with Gasteiger partial charge in [0.05, 0.1) is 13.2 Å². The summed E-state index contributed by atoms with van der Waals surface area (Å²) in [4.78, 5) is 12.0. The first-order chi connectivity index (χ1) is 7.33. The summed E-state index contributed by atoms with van der Waals surface area (Å²) in [6, 6.07) is 4.11. The SMILES string of the molecule is CNc1cccn([C@H]2[C@@H]3COC[C@@H]32)c1=O. The minimum absolute atomic E-state index is 0.0828. The third kappa shape index (κ3) is 1.21. The number of anilines is 1. The van der Waals surface area contributed by atoms with Crippen molar-refractivity contribution >= 4 is 5.69 Å². The summed E-state index contributed by atoms with van der Waals surface area (Å²) < 4.78 is 7.17. The van der Waals surface area contributed by atoms with Crippen LogP contribution in [-0.2, 0) is 4.74 Å². The van der Waals surface area contributed by atoms with Gasteiger partial charge in [0.1, 0.15) is 5.69 Å². The van der Waals surface area contributed by atoms with Crippen molar-refractivity contribution in [3.63, 3.8) is 0 Å². The van der Waals surface area contributed by atoms with Crippen molar-refractivity contribution in [1.82, 2.24) is 4.57 Å². The molecular formula is C11H14N2O2. The molecule has 0 bridgehead atoms. The molecule has 2 fully saturated rings. The van der Waals surface area contributed by atoms with Crippen LogP contribution >= 0.6 is 0 Å². The molecule has 1 saturated carbocycles. The molecule has 0 spiro atoms. The summed E-state index contributed by atoms with van der Waals surface area (Å²) in [5.74, 6) is 1.13. The molecule has 2 heterocycles. The van der Waals surface area contributed by atoms with Gasteiger partial charge in [-0.1, -0.05) is 0 Å². The van der Waals surface area contributed by atoms with Gasteiger partial charge in [0.2, 0.25) is 0 Å². The molecule has 1 N–H and O–H groups in total. The van der Waals surface area contributed by atoms with Crippen molar-refractivity contribution < 1.29 is 4.74 Å². The molecule has 1 saturated heterocycles. The van der Waals surface area contributed by atoms with Crippen molar-refractivity contribution in [2.24, 2.45) is 11.8 Å². The van der Waals surface area contributed by atoms with Gasteiger partial charge in [-0.3, -0.25) is 4.79 Å². The van der Waals surface area contributed by atoms with Crippen molar-refractivity contribution in [3.05, 3.63) is 28.7 Å². The van der Waals surface area contributed by atoms with Crippen molar-refractivity contribution in [2.45, 2.75) is 6.04 Å². The molecule has 4 nitrogen and oxygen atoms in total. The second-order valence-electron chi connectivity index (χ2n) is 4.24. The molecule has 0 amide bonds. The number of rotatable bonds is 2. The van der Waals surface area contributed by atoms with E-state index in [2.05, 4.69) is 5.32 Å². The van der Waals surface area contributed by atoms with Crippen molar-refractivity contribution in [1.29, 1.82) is 0 Å². The zero-order chi connectivity index (χ0) is 10.4. The number of pyridine rings is 1. The largest absolute Gasteiger partial charge is 0.384 e. The number of aromatic nitrogens is 1. The number of fused-ring (bicyclic) bond motifs is 1. The Bertz CT molecular complexity index is 430. The summed E-state index contributed by atoms with van der Waals surface area (Å²) in [5, 5.41) is 2.92. The van der Waals surface area contributed by atoms with Crippen LogP contribution in [0.5, 0.6) is 0 Å². The first-order valence-corrected chi connectivity index (χ1v) is 5.29. The lowest BCUT2D eigenvalue weighted by atomic mass is 10.3. The maximum Gasteiger partial charge on any atom is 0.274 e. The van der Waals surface area contributed by atoms with Gasteiger partial charge in [0, 0.05) is 31.1 Å². The number of nitrogens with zero attached hydrogens (tertiary/aromatic N) is 1. The maximum atomic E-state index is 12.0. The lowest BCUT2D eigenvalue weighted by molar-refractivity contribution is 0.151. The summed E-state index contributed by atoms with van der Waals surface area (Å²) in [6.45, 7) is 1.62. The zero-order valence-corrected chi connectivity index (χ0v) is 8.64. The normalized spacial score (nSPS) is 32.5. The highest BCUT2D eigenvalue weighted by Crippen LogP contribution is 2.53. The first-order valence-electron chi connectivity index (χ1n) is 5.29. The van der Waals surface area contributed by atoms with Crippen LogP contribution in [0.15, 0.2) is 23.1 Å². The third-order valence-electron chi connectivity index (χ3n) is 3.47. The highest BCUT2D eigenvalue weighted by Gasteiger charge is 2.55. The molecular weight excluding hydrogens is 192 g/mol. The molecule has 0 radical (unpaired) electrons. The van der Waals surface area contributed by atoms with E-state index < -0.39 is 0 Å². The fourth-order valence-corrected chi connectivity index (χ4v) is 2.56. The smallest absolute Gasteiger partial charge is 0.274 e. The van der Waals surface area contributed by atoms with E-state index in [1.165, 1.54) is 0 Å². The summed E-state index contributed by atoms with van der Waals surface area (Å²) in [7, 11) is 1.78. The van der Waals surface area contributed by atoms with Gasteiger partial charge in [-0.05, 0) is 12.1 Å². The topological polar surface area (TPSA) is 43.3 Å². The van der Waals surface area contributed by atoms with E-state index in [-0.39, 0.29) is 5.56 Å². The van der Waals surface area contributed by atoms with Crippen LogP contribution < -0.4 is 10.9 Å². The maximum absolute atomic E-state index is 12.0. The van der Waals surface area contributed by atoms with Crippen LogP contribution in [0.3, 0.4) is 0 Å². The number of hydrogen-bond acceptors (Lipinski definition) is 3. The molecule has 3 rings (SSSR count). The molecule has 2 aliphatic rings. The van der Waals surface area contributed by atoms with E-state index >= 15 is 0 Å².